The van der Waals surface area contributed by atoms with E-state index >= 15 is 0 Å². The maximum Gasteiger partial charge on any atom is 0.337 e. The number of ether oxygens (including phenoxy) is 1. The molecule has 0 bridgehead atoms. The third-order valence-corrected chi connectivity index (χ3v) is 3.82. The monoisotopic (exact) mass is 278 g/mol. The normalized spacial score (nSPS) is 16.5. The number of rotatable bonds is 4. The van der Waals surface area contributed by atoms with Crippen molar-refractivity contribution in [1.82, 2.24) is 4.90 Å². The van der Waals surface area contributed by atoms with Gasteiger partial charge in [0.05, 0.1) is 18.4 Å². The van der Waals surface area contributed by atoms with Crippen molar-refractivity contribution in [1.29, 1.82) is 0 Å². The number of anilines is 1. The van der Waals surface area contributed by atoms with Crippen LogP contribution in [0.2, 0.25) is 0 Å². The van der Waals surface area contributed by atoms with Gasteiger partial charge < -0.3 is 14.7 Å². The number of nitrogens with zero attached hydrogens (tertiary/aromatic N) is 2. The molecule has 0 spiro atoms. The Morgan fingerprint density at radius 2 is 1.90 bits per heavy atom. The fourth-order valence-corrected chi connectivity index (χ4v) is 2.56. The van der Waals surface area contributed by atoms with Gasteiger partial charge in [-0.3, -0.25) is 4.90 Å². The molecule has 2 rings (SSSR count). The minimum atomic E-state index is -0.894. The lowest BCUT2D eigenvalue weighted by atomic mass is 10.1. The predicted molar refractivity (Wildman–Crippen MR) is 78.9 cm³/mol. The number of benzene rings is 1. The molecule has 0 saturated carbocycles. The number of aromatic carboxylic acids is 1. The highest BCUT2D eigenvalue weighted by Crippen LogP contribution is 2.27. The van der Waals surface area contributed by atoms with Crippen molar-refractivity contribution in [2.75, 3.05) is 38.2 Å². The van der Waals surface area contributed by atoms with E-state index in [2.05, 4.69) is 23.6 Å². The lowest BCUT2D eigenvalue weighted by molar-refractivity contribution is 0.0697. The lowest BCUT2D eigenvalue weighted by Crippen LogP contribution is -2.49. The van der Waals surface area contributed by atoms with E-state index < -0.39 is 5.97 Å². The Labute approximate surface area is 119 Å². The first-order valence-corrected chi connectivity index (χ1v) is 6.93. The van der Waals surface area contributed by atoms with E-state index in [4.69, 9.17) is 4.74 Å². The molecular weight excluding hydrogens is 256 g/mol. The van der Waals surface area contributed by atoms with Crippen LogP contribution in [0.1, 0.15) is 24.2 Å². The molecule has 20 heavy (non-hydrogen) atoms. The number of hydrogen-bond acceptors (Lipinski definition) is 4. The van der Waals surface area contributed by atoms with Crippen LogP contribution in [0.4, 0.5) is 5.69 Å². The zero-order valence-corrected chi connectivity index (χ0v) is 12.3. The third-order valence-electron chi connectivity index (χ3n) is 3.82. The molecule has 5 nitrogen and oxygen atoms in total. The number of methoxy groups -OCH3 is 1. The molecule has 0 radical (unpaired) electrons. The first-order chi connectivity index (χ1) is 9.52. The Balaban J connectivity index is 2.21. The van der Waals surface area contributed by atoms with Crippen LogP contribution < -0.4 is 9.64 Å². The number of carboxylic acid groups (broad SMARTS) is 1. The number of carboxylic acids is 1. The van der Waals surface area contributed by atoms with Gasteiger partial charge >= 0.3 is 5.97 Å². The molecule has 0 atom stereocenters. The molecule has 1 aromatic rings. The van der Waals surface area contributed by atoms with E-state index in [1.54, 1.807) is 19.2 Å². The maximum absolute atomic E-state index is 11.4. The van der Waals surface area contributed by atoms with Crippen LogP contribution in [-0.4, -0.2) is 55.3 Å². The van der Waals surface area contributed by atoms with Crippen LogP contribution in [-0.2, 0) is 0 Å². The predicted octanol–water partition coefficient (Wildman–Crippen LogP) is 1.92. The lowest BCUT2D eigenvalue weighted by Gasteiger charge is -2.38. The number of carbonyl (C=O) groups is 1. The van der Waals surface area contributed by atoms with Gasteiger partial charge in [0.25, 0.3) is 0 Å². The van der Waals surface area contributed by atoms with Crippen molar-refractivity contribution in [2.24, 2.45) is 0 Å². The second-order valence-corrected chi connectivity index (χ2v) is 5.30. The van der Waals surface area contributed by atoms with Gasteiger partial charge in [-0.2, -0.15) is 0 Å². The standard InChI is InChI=1S/C15H22N2O3/c1-11(2)16-6-8-17(9-7-16)14-10-12(20-3)4-5-13(14)15(18)19/h4-5,10-11H,6-9H2,1-3H3,(H,18,19). The molecule has 1 saturated heterocycles. The number of hydrogen-bond donors (Lipinski definition) is 1. The molecule has 0 aromatic heterocycles. The summed E-state index contributed by atoms with van der Waals surface area (Å²) in [6, 6.07) is 5.65. The quantitative estimate of drug-likeness (QED) is 0.912. The second-order valence-electron chi connectivity index (χ2n) is 5.30. The summed E-state index contributed by atoms with van der Waals surface area (Å²) < 4.78 is 5.21. The van der Waals surface area contributed by atoms with Crippen LogP contribution in [0.15, 0.2) is 18.2 Å². The van der Waals surface area contributed by atoms with E-state index in [0.29, 0.717) is 17.4 Å². The van der Waals surface area contributed by atoms with E-state index in [1.807, 2.05) is 6.07 Å². The summed E-state index contributed by atoms with van der Waals surface area (Å²) in [6.07, 6.45) is 0. The van der Waals surface area contributed by atoms with Crippen molar-refractivity contribution in [3.05, 3.63) is 23.8 Å². The Kier molecular flexibility index (Phi) is 4.49. The molecule has 5 heteroatoms. The van der Waals surface area contributed by atoms with E-state index in [-0.39, 0.29) is 0 Å². The zero-order valence-electron chi connectivity index (χ0n) is 12.3. The van der Waals surface area contributed by atoms with Gasteiger partial charge in [-0.05, 0) is 26.0 Å². The zero-order chi connectivity index (χ0) is 14.7. The first kappa shape index (κ1) is 14.7. The minimum absolute atomic E-state index is 0.337. The van der Waals surface area contributed by atoms with Crippen molar-refractivity contribution in [2.45, 2.75) is 19.9 Å². The Morgan fingerprint density at radius 1 is 1.25 bits per heavy atom. The molecule has 1 aromatic carbocycles. The smallest absolute Gasteiger partial charge is 0.337 e. The van der Waals surface area contributed by atoms with Crippen LogP contribution in [0.5, 0.6) is 5.75 Å². The SMILES string of the molecule is COc1ccc(C(=O)O)c(N2CCN(C(C)C)CC2)c1. The van der Waals surface area contributed by atoms with Gasteiger partial charge in [0.1, 0.15) is 5.75 Å². The molecular formula is C15H22N2O3. The molecule has 1 N–H and O–H groups in total. The fourth-order valence-electron chi connectivity index (χ4n) is 2.56. The van der Waals surface area contributed by atoms with Gasteiger partial charge in [0.15, 0.2) is 0 Å². The first-order valence-electron chi connectivity index (χ1n) is 6.93. The van der Waals surface area contributed by atoms with Crippen LogP contribution in [0, 0.1) is 0 Å². The highest BCUT2D eigenvalue weighted by molar-refractivity contribution is 5.94. The van der Waals surface area contributed by atoms with E-state index in [9.17, 15) is 9.90 Å². The summed E-state index contributed by atoms with van der Waals surface area (Å²) in [5, 5.41) is 9.32. The Morgan fingerprint density at radius 3 is 2.40 bits per heavy atom. The van der Waals surface area contributed by atoms with E-state index in [0.717, 1.165) is 31.9 Å². The van der Waals surface area contributed by atoms with Gasteiger partial charge in [0, 0.05) is 38.3 Å². The Hall–Kier alpha value is -1.75. The average Bonchev–Trinajstić information content (AvgIpc) is 2.46. The summed E-state index contributed by atoms with van der Waals surface area (Å²) in [5.74, 6) is -0.203. The van der Waals surface area contributed by atoms with Crippen molar-refractivity contribution >= 4 is 11.7 Å². The van der Waals surface area contributed by atoms with E-state index in [1.165, 1.54) is 0 Å². The summed E-state index contributed by atoms with van der Waals surface area (Å²) >= 11 is 0. The molecule has 0 aliphatic carbocycles. The Bertz CT molecular complexity index is 480. The van der Waals surface area contributed by atoms with Gasteiger partial charge in [0.2, 0.25) is 0 Å². The molecule has 110 valence electrons. The summed E-state index contributed by atoms with van der Waals surface area (Å²) in [6.45, 7) is 7.95. The number of piperazine rings is 1. The fraction of sp³-hybridized carbons (Fsp3) is 0.533. The average molecular weight is 278 g/mol. The van der Waals surface area contributed by atoms with Crippen molar-refractivity contribution in [3.63, 3.8) is 0 Å². The summed E-state index contributed by atoms with van der Waals surface area (Å²) in [7, 11) is 1.59. The third kappa shape index (κ3) is 3.04. The molecule has 1 aliphatic heterocycles. The second kappa shape index (κ2) is 6.13. The van der Waals surface area contributed by atoms with Gasteiger partial charge in [-0.15, -0.1) is 0 Å². The van der Waals surface area contributed by atoms with Crippen LogP contribution >= 0.6 is 0 Å². The molecule has 1 aliphatic rings. The largest absolute Gasteiger partial charge is 0.497 e. The van der Waals surface area contributed by atoms with Crippen molar-refractivity contribution in [3.8, 4) is 5.75 Å². The molecule has 0 amide bonds. The molecule has 0 unspecified atom stereocenters. The van der Waals surface area contributed by atoms with Crippen molar-refractivity contribution < 1.29 is 14.6 Å². The van der Waals surface area contributed by atoms with Crippen LogP contribution in [0.25, 0.3) is 0 Å². The minimum Gasteiger partial charge on any atom is -0.497 e. The maximum atomic E-state index is 11.4. The topological polar surface area (TPSA) is 53.0 Å². The molecule has 1 fully saturated rings. The summed E-state index contributed by atoms with van der Waals surface area (Å²) in [4.78, 5) is 15.9. The summed E-state index contributed by atoms with van der Waals surface area (Å²) in [5.41, 5.74) is 1.09. The van der Waals surface area contributed by atoms with Crippen LogP contribution in [0.3, 0.4) is 0 Å². The van der Waals surface area contributed by atoms with Gasteiger partial charge in [-0.25, -0.2) is 4.79 Å². The molecule has 1 heterocycles. The van der Waals surface area contributed by atoms with Gasteiger partial charge in [-0.1, -0.05) is 0 Å². The highest BCUT2D eigenvalue weighted by atomic mass is 16.5. The highest BCUT2D eigenvalue weighted by Gasteiger charge is 2.23.